The topological polar surface area (TPSA) is 122 Å². The second-order valence-corrected chi connectivity index (χ2v) is 9.73. The number of aliphatic imine (C=N–C) groups is 1. The number of carbonyl (C=O) groups excluding carboxylic acids is 1. The first kappa shape index (κ1) is 26.1. The van der Waals surface area contributed by atoms with Gasteiger partial charge in [0.1, 0.15) is 18.0 Å². The zero-order chi connectivity index (χ0) is 25.8. The number of carbonyl (C=O) groups is 2. The van der Waals surface area contributed by atoms with Crippen molar-refractivity contribution in [2.45, 2.75) is 25.2 Å². The third-order valence-corrected chi connectivity index (χ3v) is 7.36. The van der Waals surface area contributed by atoms with Gasteiger partial charge in [-0.05, 0) is 36.3 Å². The van der Waals surface area contributed by atoms with Gasteiger partial charge < -0.3 is 25.2 Å². The van der Waals surface area contributed by atoms with E-state index >= 15 is 0 Å². The van der Waals surface area contributed by atoms with Crippen LogP contribution in [0.4, 0.5) is 4.39 Å². The molecule has 0 amide bonds. The molecule has 3 heterocycles. The molecular formula is C24H24BrFN4O5S. The Morgan fingerprint density at radius 1 is 1.39 bits per heavy atom. The molecule has 1 fully saturated rings. The minimum atomic E-state index is -1.03. The number of esters is 1. The van der Waals surface area contributed by atoms with Gasteiger partial charge >= 0.3 is 11.9 Å². The van der Waals surface area contributed by atoms with Crippen LogP contribution < -0.4 is 10.6 Å². The highest BCUT2D eigenvalue weighted by Gasteiger charge is 2.33. The molecule has 3 N–H and O–H groups in total. The van der Waals surface area contributed by atoms with Gasteiger partial charge in [-0.2, -0.15) is 0 Å². The van der Waals surface area contributed by atoms with E-state index in [0.717, 1.165) is 11.0 Å². The van der Waals surface area contributed by atoms with Crippen LogP contribution in [0.2, 0.25) is 0 Å². The Bertz CT molecular complexity index is 1260. The molecular weight excluding hydrogens is 555 g/mol. The molecule has 2 aliphatic rings. The number of aliphatic carboxylic acids is 1. The number of carboxylic acids is 1. The van der Waals surface area contributed by atoms with E-state index in [1.807, 2.05) is 0 Å². The van der Waals surface area contributed by atoms with Gasteiger partial charge in [0, 0.05) is 36.4 Å². The number of carboxylic acid groups (broad SMARTS) is 1. The van der Waals surface area contributed by atoms with Crippen molar-refractivity contribution in [2.24, 2.45) is 4.99 Å². The first-order chi connectivity index (χ1) is 17.3. The first-order valence-electron chi connectivity index (χ1n) is 11.0. The van der Waals surface area contributed by atoms with Gasteiger partial charge in [0.05, 0.1) is 23.7 Å². The number of aryl methyl sites for hydroxylation is 1. The third-order valence-electron chi connectivity index (χ3n) is 5.70. The number of morpholine rings is 1. The summed E-state index contributed by atoms with van der Waals surface area (Å²) in [5, 5.41) is 16.2. The number of hydrogen-bond donors (Lipinski definition) is 3. The largest absolute Gasteiger partial charge is 0.478 e. The number of amidine groups is 1. The number of aromatic nitrogens is 1. The molecule has 0 radical (unpaired) electrons. The minimum Gasteiger partial charge on any atom is -0.478 e. The molecule has 1 aromatic heterocycles. The van der Waals surface area contributed by atoms with Gasteiger partial charge in [-0.15, -0.1) is 11.3 Å². The van der Waals surface area contributed by atoms with Crippen LogP contribution in [-0.2, 0) is 19.1 Å². The normalized spacial score (nSPS) is 22.3. The molecule has 4 rings (SSSR count). The molecule has 0 saturated carbocycles. The van der Waals surface area contributed by atoms with E-state index in [1.54, 1.807) is 19.2 Å². The maximum Gasteiger partial charge on any atom is 0.338 e. The second-order valence-electron chi connectivity index (χ2n) is 8.11. The van der Waals surface area contributed by atoms with E-state index < -0.39 is 18.0 Å². The number of hydrogen-bond acceptors (Lipinski definition) is 9. The molecule has 0 bridgehead atoms. The van der Waals surface area contributed by atoms with Crippen LogP contribution in [0.3, 0.4) is 0 Å². The van der Waals surface area contributed by atoms with Crippen molar-refractivity contribution in [2.75, 3.05) is 25.5 Å². The summed E-state index contributed by atoms with van der Waals surface area (Å²) in [6.45, 7) is 2.83. The molecule has 1 unspecified atom stereocenters. The maximum atomic E-state index is 13.8. The van der Waals surface area contributed by atoms with Crippen LogP contribution in [0.25, 0.3) is 0 Å². The highest BCUT2D eigenvalue weighted by atomic mass is 79.9. The molecule has 2 aliphatic heterocycles. The quantitative estimate of drug-likeness (QED) is 0.260. The SMILES string of the molecule is COC(=O)C1=C(CBr)NC(c2ncc(C3CNC[C@@H](/C=C/C(=O)O)O3)s2)=N[C@H]1c1ccc(F)cc1C. The van der Waals surface area contributed by atoms with Gasteiger partial charge in [-0.1, -0.05) is 22.0 Å². The van der Waals surface area contributed by atoms with Crippen LogP contribution >= 0.6 is 27.3 Å². The minimum absolute atomic E-state index is 0.315. The zero-order valence-corrected chi connectivity index (χ0v) is 21.9. The molecule has 0 aliphatic carbocycles. The molecule has 1 saturated heterocycles. The van der Waals surface area contributed by atoms with Gasteiger partial charge in [0.15, 0.2) is 10.8 Å². The average Bonchev–Trinajstić information content (AvgIpc) is 3.37. The Balaban J connectivity index is 1.66. The number of nitrogens with one attached hydrogen (secondary N) is 2. The number of benzene rings is 1. The number of alkyl halides is 1. The smallest absolute Gasteiger partial charge is 0.338 e. The van der Waals surface area contributed by atoms with Gasteiger partial charge in [-0.25, -0.2) is 19.0 Å². The molecule has 12 heteroatoms. The van der Waals surface area contributed by atoms with Crippen LogP contribution in [-0.4, -0.2) is 59.5 Å². The molecule has 190 valence electrons. The Hall–Kier alpha value is -2.93. The molecule has 3 atom stereocenters. The van der Waals surface area contributed by atoms with Crippen LogP contribution in [0.15, 0.2) is 52.8 Å². The monoisotopic (exact) mass is 578 g/mol. The fourth-order valence-electron chi connectivity index (χ4n) is 4.01. The highest BCUT2D eigenvalue weighted by Crippen LogP contribution is 2.36. The van der Waals surface area contributed by atoms with Crippen molar-refractivity contribution < 1.29 is 28.6 Å². The molecule has 36 heavy (non-hydrogen) atoms. The average molecular weight is 579 g/mol. The predicted molar refractivity (Wildman–Crippen MR) is 136 cm³/mol. The van der Waals surface area contributed by atoms with Crippen LogP contribution in [0.1, 0.15) is 33.2 Å². The lowest BCUT2D eigenvalue weighted by atomic mass is 9.93. The number of methoxy groups -OCH3 is 1. The summed E-state index contributed by atoms with van der Waals surface area (Å²) in [5.41, 5.74) is 2.24. The lowest BCUT2D eigenvalue weighted by Crippen LogP contribution is -2.39. The van der Waals surface area contributed by atoms with E-state index in [2.05, 4.69) is 31.5 Å². The summed E-state index contributed by atoms with van der Waals surface area (Å²) in [4.78, 5) is 33.7. The Morgan fingerprint density at radius 3 is 2.89 bits per heavy atom. The van der Waals surface area contributed by atoms with E-state index in [1.165, 1.54) is 36.7 Å². The highest BCUT2D eigenvalue weighted by molar-refractivity contribution is 9.09. The fraction of sp³-hybridized carbons (Fsp3) is 0.333. The van der Waals surface area contributed by atoms with Gasteiger partial charge in [0.25, 0.3) is 0 Å². The number of ether oxygens (including phenoxy) is 2. The van der Waals surface area contributed by atoms with Crippen molar-refractivity contribution in [3.63, 3.8) is 0 Å². The lowest BCUT2D eigenvalue weighted by Gasteiger charge is -2.28. The van der Waals surface area contributed by atoms with Crippen molar-refractivity contribution in [3.05, 3.63) is 74.6 Å². The lowest BCUT2D eigenvalue weighted by molar-refractivity contribution is -0.136. The number of halogens is 2. The third kappa shape index (κ3) is 5.72. The Kier molecular flexibility index (Phi) is 8.29. The summed E-state index contributed by atoms with van der Waals surface area (Å²) >= 11 is 4.82. The van der Waals surface area contributed by atoms with E-state index in [4.69, 9.17) is 19.6 Å². The summed E-state index contributed by atoms with van der Waals surface area (Å²) in [6, 6.07) is 3.65. The Morgan fingerprint density at radius 2 is 2.19 bits per heavy atom. The van der Waals surface area contributed by atoms with E-state index in [-0.39, 0.29) is 18.0 Å². The van der Waals surface area contributed by atoms with Crippen LogP contribution in [0.5, 0.6) is 0 Å². The second kappa shape index (κ2) is 11.4. The number of nitrogens with zero attached hydrogens (tertiary/aromatic N) is 2. The molecule has 1 aromatic carbocycles. The Labute approximate surface area is 219 Å². The number of rotatable bonds is 7. The van der Waals surface area contributed by atoms with E-state index in [9.17, 15) is 14.0 Å². The molecule has 0 spiro atoms. The first-order valence-corrected chi connectivity index (χ1v) is 13.0. The number of allylic oxidation sites excluding steroid dienone is 1. The summed E-state index contributed by atoms with van der Waals surface area (Å²) in [6.07, 6.45) is 3.58. The predicted octanol–water partition coefficient (Wildman–Crippen LogP) is 3.17. The molecule has 2 aromatic rings. The van der Waals surface area contributed by atoms with Crippen LogP contribution in [0, 0.1) is 12.7 Å². The van der Waals surface area contributed by atoms with Gasteiger partial charge in [-0.3, -0.25) is 4.99 Å². The standard InChI is InChI=1S/C24H24BrFN4O5S/c1-12-7-13(26)3-5-15(12)21-20(24(33)34-2)16(8-25)29-22(30-21)23-28-11-18(36-23)17-10-27-9-14(35-17)4-6-19(31)32/h3-7,11,14,17,21,27H,8-10H2,1-2H3,(H,29,30)(H,31,32)/b6-4+/t14-,17?,21+/m1/s1. The van der Waals surface area contributed by atoms with Crippen molar-refractivity contribution in [1.82, 2.24) is 15.6 Å². The molecule has 9 nitrogen and oxygen atoms in total. The maximum absolute atomic E-state index is 13.8. The summed E-state index contributed by atoms with van der Waals surface area (Å²) < 4.78 is 24.9. The fourth-order valence-corrected chi connectivity index (χ4v) is 5.36. The number of thiazole rings is 1. The van der Waals surface area contributed by atoms with Crippen molar-refractivity contribution >= 4 is 45.0 Å². The van der Waals surface area contributed by atoms with Crippen molar-refractivity contribution in [1.29, 1.82) is 0 Å². The zero-order valence-electron chi connectivity index (χ0n) is 19.5. The van der Waals surface area contributed by atoms with E-state index in [0.29, 0.717) is 51.7 Å². The van der Waals surface area contributed by atoms with Gasteiger partial charge in [0.2, 0.25) is 0 Å². The van der Waals surface area contributed by atoms with Crippen molar-refractivity contribution in [3.8, 4) is 0 Å². The summed E-state index contributed by atoms with van der Waals surface area (Å²) in [7, 11) is 1.30. The summed E-state index contributed by atoms with van der Waals surface area (Å²) in [5.74, 6) is -1.47.